The molecule has 1 rings (SSSR count). The minimum absolute atomic E-state index is 0.147. The zero-order chi connectivity index (χ0) is 12.1. The number of carbonyl (C=O) groups is 1. The normalized spacial score (nSPS) is 19.8. The van der Waals surface area contributed by atoms with Crippen molar-refractivity contribution in [1.29, 1.82) is 0 Å². The molecule has 1 saturated carbocycles. The van der Waals surface area contributed by atoms with Crippen molar-refractivity contribution >= 4 is 5.91 Å². The fourth-order valence-electron chi connectivity index (χ4n) is 2.29. The number of hydrogen-bond acceptors (Lipinski definition) is 3. The third kappa shape index (κ3) is 3.46. The summed E-state index contributed by atoms with van der Waals surface area (Å²) in [5, 5.41) is 0. The van der Waals surface area contributed by atoms with Crippen molar-refractivity contribution in [1.82, 2.24) is 4.90 Å². The highest BCUT2D eigenvalue weighted by molar-refractivity contribution is 5.79. The first-order valence-electron chi connectivity index (χ1n) is 6.15. The molecule has 94 valence electrons. The van der Waals surface area contributed by atoms with Crippen LogP contribution in [0.5, 0.6) is 0 Å². The summed E-state index contributed by atoms with van der Waals surface area (Å²) in [7, 11) is 1.69. The van der Waals surface area contributed by atoms with Gasteiger partial charge >= 0.3 is 0 Å². The Morgan fingerprint density at radius 3 is 2.56 bits per heavy atom. The smallest absolute Gasteiger partial charge is 0.234 e. The van der Waals surface area contributed by atoms with E-state index in [4.69, 9.17) is 10.5 Å². The molecular weight excluding hydrogens is 204 g/mol. The maximum Gasteiger partial charge on any atom is 0.234 e. The van der Waals surface area contributed by atoms with E-state index in [2.05, 4.69) is 11.8 Å². The Kier molecular flexibility index (Phi) is 5.22. The molecule has 2 atom stereocenters. The molecule has 0 bridgehead atoms. The van der Waals surface area contributed by atoms with E-state index in [1.54, 1.807) is 7.11 Å². The van der Waals surface area contributed by atoms with Crippen LogP contribution >= 0.6 is 0 Å². The van der Waals surface area contributed by atoms with Crippen LogP contribution in [0.25, 0.3) is 0 Å². The molecule has 2 N–H and O–H groups in total. The number of primary amides is 1. The molecule has 1 fully saturated rings. The highest BCUT2D eigenvalue weighted by atomic mass is 16.5. The van der Waals surface area contributed by atoms with Gasteiger partial charge in [-0.3, -0.25) is 9.69 Å². The van der Waals surface area contributed by atoms with Crippen molar-refractivity contribution in [3.8, 4) is 0 Å². The largest absolute Gasteiger partial charge is 0.383 e. The summed E-state index contributed by atoms with van der Waals surface area (Å²) < 4.78 is 5.10. The van der Waals surface area contributed by atoms with Gasteiger partial charge in [-0.05, 0) is 32.1 Å². The lowest BCUT2D eigenvalue weighted by atomic mass is 10.1. The molecular formula is C12H24N2O2. The zero-order valence-electron chi connectivity index (χ0n) is 10.6. The Bertz CT molecular complexity index is 229. The number of ether oxygens (including phenoxy) is 1. The van der Waals surface area contributed by atoms with Gasteiger partial charge < -0.3 is 10.5 Å². The number of carbonyl (C=O) groups excluding carboxylic acids is 1. The molecule has 0 aromatic carbocycles. The Morgan fingerprint density at radius 1 is 1.56 bits per heavy atom. The summed E-state index contributed by atoms with van der Waals surface area (Å²) in [6.07, 6.45) is 3.33. The molecule has 0 aliphatic heterocycles. The average molecular weight is 228 g/mol. The summed E-state index contributed by atoms with van der Waals surface area (Å²) in [6.45, 7) is 5.64. The Labute approximate surface area is 98.1 Å². The third-order valence-corrected chi connectivity index (χ3v) is 3.50. The van der Waals surface area contributed by atoms with Crippen LogP contribution in [0.3, 0.4) is 0 Å². The molecule has 0 heterocycles. The average Bonchev–Trinajstić information content (AvgIpc) is 3.06. The fraction of sp³-hybridized carbons (Fsp3) is 0.917. The molecule has 0 spiro atoms. The third-order valence-electron chi connectivity index (χ3n) is 3.50. The number of nitrogens with two attached hydrogens (primary N) is 1. The van der Waals surface area contributed by atoms with Crippen LogP contribution in [0.1, 0.15) is 33.1 Å². The summed E-state index contributed by atoms with van der Waals surface area (Å²) in [6, 6.07) is 0.290. The summed E-state index contributed by atoms with van der Waals surface area (Å²) in [5.74, 6) is 0.524. The Balaban J connectivity index is 2.62. The first-order chi connectivity index (χ1) is 7.61. The summed E-state index contributed by atoms with van der Waals surface area (Å²) in [4.78, 5) is 13.6. The van der Waals surface area contributed by atoms with Gasteiger partial charge in [0.2, 0.25) is 5.91 Å². The SMILES string of the molecule is CCC(C(N)=O)N(CCOC)C(C)C1CC1. The van der Waals surface area contributed by atoms with Crippen LogP contribution in [-0.2, 0) is 9.53 Å². The predicted octanol–water partition coefficient (Wildman–Crippen LogP) is 0.997. The quantitative estimate of drug-likeness (QED) is 0.674. The second-order valence-electron chi connectivity index (χ2n) is 4.64. The van der Waals surface area contributed by atoms with Gasteiger partial charge in [0.25, 0.3) is 0 Å². The van der Waals surface area contributed by atoms with E-state index in [-0.39, 0.29) is 11.9 Å². The summed E-state index contributed by atoms with van der Waals surface area (Å²) in [5.41, 5.74) is 5.46. The maximum absolute atomic E-state index is 11.4. The van der Waals surface area contributed by atoms with E-state index in [1.807, 2.05) is 6.92 Å². The lowest BCUT2D eigenvalue weighted by Gasteiger charge is -2.34. The van der Waals surface area contributed by atoms with Crippen LogP contribution in [0.2, 0.25) is 0 Å². The Morgan fingerprint density at radius 2 is 2.19 bits per heavy atom. The lowest BCUT2D eigenvalue weighted by molar-refractivity contribution is -0.124. The molecule has 16 heavy (non-hydrogen) atoms. The minimum atomic E-state index is -0.217. The standard InChI is InChI=1S/C12H24N2O2/c1-4-11(12(13)15)14(7-8-16-3)9(2)10-5-6-10/h9-11H,4-8H2,1-3H3,(H2,13,15). The molecule has 2 unspecified atom stereocenters. The molecule has 4 nitrogen and oxygen atoms in total. The second-order valence-corrected chi connectivity index (χ2v) is 4.64. The number of nitrogens with zero attached hydrogens (tertiary/aromatic N) is 1. The van der Waals surface area contributed by atoms with Crippen LogP contribution in [0.4, 0.5) is 0 Å². The highest BCUT2D eigenvalue weighted by Crippen LogP contribution is 2.36. The topological polar surface area (TPSA) is 55.6 Å². The number of rotatable bonds is 8. The zero-order valence-corrected chi connectivity index (χ0v) is 10.6. The van der Waals surface area contributed by atoms with Crippen molar-refractivity contribution < 1.29 is 9.53 Å². The van der Waals surface area contributed by atoms with Gasteiger partial charge in [0.05, 0.1) is 12.6 Å². The second kappa shape index (κ2) is 6.21. The van der Waals surface area contributed by atoms with Crippen LogP contribution in [0, 0.1) is 5.92 Å². The fourth-order valence-corrected chi connectivity index (χ4v) is 2.29. The number of hydrogen-bond donors (Lipinski definition) is 1. The molecule has 0 aromatic rings. The van der Waals surface area contributed by atoms with E-state index < -0.39 is 0 Å². The van der Waals surface area contributed by atoms with E-state index in [9.17, 15) is 4.79 Å². The van der Waals surface area contributed by atoms with Gasteiger partial charge in [0.15, 0.2) is 0 Å². The van der Waals surface area contributed by atoms with E-state index in [0.29, 0.717) is 12.6 Å². The van der Waals surface area contributed by atoms with Gasteiger partial charge in [-0.2, -0.15) is 0 Å². The first-order valence-corrected chi connectivity index (χ1v) is 6.15. The van der Waals surface area contributed by atoms with Crippen LogP contribution in [-0.4, -0.2) is 43.2 Å². The van der Waals surface area contributed by atoms with Crippen molar-refractivity contribution in [2.24, 2.45) is 11.7 Å². The number of amides is 1. The molecule has 0 radical (unpaired) electrons. The minimum Gasteiger partial charge on any atom is -0.383 e. The van der Waals surface area contributed by atoms with E-state index >= 15 is 0 Å². The van der Waals surface area contributed by atoms with Crippen molar-refractivity contribution in [3.05, 3.63) is 0 Å². The predicted molar refractivity (Wildman–Crippen MR) is 64.0 cm³/mol. The molecule has 0 saturated heterocycles. The van der Waals surface area contributed by atoms with Gasteiger partial charge in [-0.15, -0.1) is 0 Å². The molecule has 1 aliphatic rings. The molecule has 4 heteroatoms. The lowest BCUT2D eigenvalue weighted by Crippen LogP contribution is -2.50. The van der Waals surface area contributed by atoms with Gasteiger partial charge in [0, 0.05) is 19.7 Å². The van der Waals surface area contributed by atoms with Crippen molar-refractivity contribution in [2.75, 3.05) is 20.3 Å². The van der Waals surface area contributed by atoms with Gasteiger partial charge in [-0.25, -0.2) is 0 Å². The van der Waals surface area contributed by atoms with Crippen molar-refractivity contribution in [3.63, 3.8) is 0 Å². The van der Waals surface area contributed by atoms with Crippen LogP contribution in [0.15, 0.2) is 0 Å². The van der Waals surface area contributed by atoms with E-state index in [0.717, 1.165) is 18.9 Å². The highest BCUT2D eigenvalue weighted by Gasteiger charge is 2.35. The van der Waals surface area contributed by atoms with Gasteiger partial charge in [-0.1, -0.05) is 6.92 Å². The van der Waals surface area contributed by atoms with Gasteiger partial charge in [0.1, 0.15) is 0 Å². The first kappa shape index (κ1) is 13.5. The van der Waals surface area contributed by atoms with Crippen LogP contribution < -0.4 is 5.73 Å². The van der Waals surface area contributed by atoms with Crippen molar-refractivity contribution in [2.45, 2.75) is 45.2 Å². The summed E-state index contributed by atoms with van der Waals surface area (Å²) >= 11 is 0. The molecule has 0 aromatic heterocycles. The monoisotopic (exact) mass is 228 g/mol. The van der Waals surface area contributed by atoms with E-state index in [1.165, 1.54) is 12.8 Å². The number of methoxy groups -OCH3 is 1. The Hall–Kier alpha value is -0.610. The molecule has 1 aliphatic carbocycles. The maximum atomic E-state index is 11.4. The molecule has 1 amide bonds.